The highest BCUT2D eigenvalue weighted by atomic mass is 16.2. The van der Waals surface area contributed by atoms with E-state index in [9.17, 15) is 14.4 Å². The van der Waals surface area contributed by atoms with Gasteiger partial charge in [0.2, 0.25) is 17.7 Å². The van der Waals surface area contributed by atoms with Crippen LogP contribution >= 0.6 is 0 Å². The first-order valence-corrected chi connectivity index (χ1v) is 17.5. The number of primary amides is 1. The van der Waals surface area contributed by atoms with Gasteiger partial charge in [0, 0.05) is 11.2 Å². The third kappa shape index (κ3) is 7.18. The van der Waals surface area contributed by atoms with Gasteiger partial charge < -0.3 is 26.6 Å². The lowest BCUT2D eigenvalue weighted by atomic mass is 9.54. The number of nitrogens with two attached hydrogens (primary N) is 2. The number of nitrogens with zero attached hydrogens (tertiary/aromatic N) is 2. The zero-order chi connectivity index (χ0) is 33.1. The van der Waals surface area contributed by atoms with E-state index in [1.54, 1.807) is 0 Å². The van der Waals surface area contributed by atoms with E-state index in [2.05, 4.69) is 57.3 Å². The second-order valence-electron chi connectivity index (χ2n) is 14.8. The molecule has 0 saturated heterocycles. The van der Waals surface area contributed by atoms with Crippen molar-refractivity contribution in [1.82, 2.24) is 10.2 Å². The SMILES string of the molecule is CC(C)c1ccc2c(c1)CCC1CC(C)(N(CC(=O)N(CC(N)=O)c3ccc4c(c3)CCC4)C(=O)CNCCCCN)CCC21C. The van der Waals surface area contributed by atoms with Crippen molar-refractivity contribution in [3.05, 3.63) is 64.2 Å². The summed E-state index contributed by atoms with van der Waals surface area (Å²) >= 11 is 0. The fourth-order valence-corrected chi connectivity index (χ4v) is 8.37. The summed E-state index contributed by atoms with van der Waals surface area (Å²) in [6.45, 7) is 10.2. The standard InChI is InChI=1S/C38H55N5O3/c1-26(2)28-12-15-33-30(20-28)10-13-31-22-37(3,16-17-38(31,33)4)43(35(45)23-41-19-6-5-18-39)25-36(46)42(24-34(40)44)32-14-11-27-8-7-9-29(27)21-32/h11-12,14-15,20-21,26,31,41H,5-10,13,16-19,22-25,39H2,1-4H3,(H2,40,44). The second-order valence-corrected chi connectivity index (χ2v) is 14.8. The summed E-state index contributed by atoms with van der Waals surface area (Å²) in [5.74, 6) is -0.0483. The van der Waals surface area contributed by atoms with Crippen LogP contribution in [0.15, 0.2) is 36.4 Å². The highest BCUT2D eigenvalue weighted by Crippen LogP contribution is 2.54. The molecule has 5 rings (SSSR count). The maximum Gasteiger partial charge on any atom is 0.247 e. The van der Waals surface area contributed by atoms with E-state index in [1.165, 1.54) is 32.7 Å². The van der Waals surface area contributed by atoms with E-state index in [1.807, 2.05) is 17.0 Å². The number of anilines is 1. The molecule has 1 fully saturated rings. The Morgan fingerprint density at radius 1 is 0.935 bits per heavy atom. The summed E-state index contributed by atoms with van der Waals surface area (Å²) in [4.78, 5) is 43.8. The van der Waals surface area contributed by atoms with Gasteiger partial charge in [0.25, 0.3) is 0 Å². The number of carbonyl (C=O) groups is 3. The molecule has 8 nitrogen and oxygen atoms in total. The first kappa shape index (κ1) is 34.1. The van der Waals surface area contributed by atoms with Gasteiger partial charge in [0.1, 0.15) is 13.1 Å². The maximum absolute atomic E-state index is 14.2. The van der Waals surface area contributed by atoms with Crippen LogP contribution in [0.25, 0.3) is 0 Å². The molecular formula is C38H55N5O3. The normalized spacial score (nSPS) is 23.4. The molecule has 8 heteroatoms. The molecule has 3 aliphatic carbocycles. The van der Waals surface area contributed by atoms with Crippen LogP contribution in [0.4, 0.5) is 5.69 Å². The fourth-order valence-electron chi connectivity index (χ4n) is 8.37. The summed E-state index contributed by atoms with van der Waals surface area (Å²) < 4.78 is 0. The number of rotatable bonds is 13. The summed E-state index contributed by atoms with van der Waals surface area (Å²) in [5, 5.41) is 3.30. The molecule has 0 aliphatic heterocycles. The van der Waals surface area contributed by atoms with E-state index in [0.29, 0.717) is 30.6 Å². The Bertz CT molecular complexity index is 1440. The number of hydrogen-bond acceptors (Lipinski definition) is 5. The molecule has 0 radical (unpaired) electrons. The van der Waals surface area contributed by atoms with Crippen LogP contribution in [0.2, 0.25) is 0 Å². The van der Waals surface area contributed by atoms with E-state index in [-0.39, 0.29) is 36.9 Å². The van der Waals surface area contributed by atoms with Crippen molar-refractivity contribution >= 4 is 23.4 Å². The first-order valence-electron chi connectivity index (χ1n) is 17.5. The van der Waals surface area contributed by atoms with Gasteiger partial charge in [-0.15, -0.1) is 0 Å². The monoisotopic (exact) mass is 629 g/mol. The Labute approximate surface area is 275 Å². The predicted octanol–water partition coefficient (Wildman–Crippen LogP) is 4.74. The van der Waals surface area contributed by atoms with Crippen molar-refractivity contribution in [2.75, 3.05) is 37.6 Å². The molecule has 1 saturated carbocycles. The van der Waals surface area contributed by atoms with Crippen molar-refractivity contribution in [3.63, 3.8) is 0 Å². The zero-order valence-corrected chi connectivity index (χ0v) is 28.5. The number of benzene rings is 2. The van der Waals surface area contributed by atoms with E-state index >= 15 is 0 Å². The smallest absolute Gasteiger partial charge is 0.247 e. The zero-order valence-electron chi connectivity index (χ0n) is 28.5. The molecule has 250 valence electrons. The molecule has 3 atom stereocenters. The Hall–Kier alpha value is -3.23. The Morgan fingerprint density at radius 3 is 2.46 bits per heavy atom. The lowest BCUT2D eigenvalue weighted by molar-refractivity contribution is -0.143. The van der Waals surface area contributed by atoms with Crippen LogP contribution in [-0.4, -0.2) is 60.9 Å². The van der Waals surface area contributed by atoms with Gasteiger partial charge in [-0.2, -0.15) is 0 Å². The number of amides is 3. The summed E-state index contributed by atoms with van der Waals surface area (Å²) in [6.07, 6.45) is 9.54. The van der Waals surface area contributed by atoms with Crippen LogP contribution in [-0.2, 0) is 39.1 Å². The Morgan fingerprint density at radius 2 is 1.72 bits per heavy atom. The highest BCUT2D eigenvalue weighted by Gasteiger charge is 2.51. The number of carbonyl (C=O) groups excluding carboxylic acids is 3. The van der Waals surface area contributed by atoms with Crippen molar-refractivity contribution in [1.29, 1.82) is 0 Å². The number of hydrogen-bond donors (Lipinski definition) is 3. The largest absolute Gasteiger partial charge is 0.368 e. The number of aryl methyl sites for hydroxylation is 3. The third-order valence-corrected chi connectivity index (χ3v) is 11.3. The van der Waals surface area contributed by atoms with Crippen LogP contribution < -0.4 is 21.7 Å². The van der Waals surface area contributed by atoms with E-state index < -0.39 is 11.4 Å². The minimum atomic E-state index is -0.575. The van der Waals surface area contributed by atoms with Gasteiger partial charge in [-0.1, -0.05) is 45.0 Å². The number of nitrogens with one attached hydrogen (secondary N) is 1. The Balaban J connectivity index is 1.40. The molecule has 0 aromatic heterocycles. The topological polar surface area (TPSA) is 122 Å². The fraction of sp³-hybridized carbons (Fsp3) is 0.605. The quantitative estimate of drug-likeness (QED) is 0.277. The van der Waals surface area contributed by atoms with Crippen LogP contribution in [0.1, 0.15) is 106 Å². The lowest BCUT2D eigenvalue weighted by Gasteiger charge is -2.55. The van der Waals surface area contributed by atoms with Gasteiger partial charge in [-0.3, -0.25) is 14.4 Å². The summed E-state index contributed by atoms with van der Waals surface area (Å²) in [7, 11) is 0. The summed E-state index contributed by atoms with van der Waals surface area (Å²) in [5.41, 5.74) is 18.4. The van der Waals surface area contributed by atoms with Crippen molar-refractivity contribution < 1.29 is 14.4 Å². The lowest BCUT2D eigenvalue weighted by Crippen LogP contribution is -2.60. The molecule has 5 N–H and O–H groups in total. The molecule has 2 aromatic carbocycles. The second kappa shape index (κ2) is 14.3. The first-order chi connectivity index (χ1) is 21.9. The molecule has 46 heavy (non-hydrogen) atoms. The Kier molecular flexibility index (Phi) is 10.6. The van der Waals surface area contributed by atoms with Crippen LogP contribution in [0.5, 0.6) is 0 Å². The van der Waals surface area contributed by atoms with E-state index in [0.717, 1.165) is 64.2 Å². The van der Waals surface area contributed by atoms with Crippen LogP contribution in [0, 0.1) is 5.92 Å². The van der Waals surface area contributed by atoms with Crippen LogP contribution in [0.3, 0.4) is 0 Å². The molecule has 3 unspecified atom stereocenters. The molecule has 3 aliphatic rings. The number of unbranched alkanes of at least 4 members (excludes halogenated alkanes) is 1. The van der Waals surface area contributed by atoms with Crippen molar-refractivity contribution in [3.8, 4) is 0 Å². The van der Waals surface area contributed by atoms with Gasteiger partial charge in [-0.05, 0) is 141 Å². The average molecular weight is 630 g/mol. The third-order valence-electron chi connectivity index (χ3n) is 11.3. The van der Waals surface area contributed by atoms with Gasteiger partial charge in [-0.25, -0.2) is 0 Å². The average Bonchev–Trinajstić information content (AvgIpc) is 3.50. The highest BCUT2D eigenvalue weighted by molar-refractivity contribution is 6.01. The molecule has 0 bridgehead atoms. The van der Waals surface area contributed by atoms with Gasteiger partial charge in [0.05, 0.1) is 6.54 Å². The van der Waals surface area contributed by atoms with Crippen molar-refractivity contribution in [2.24, 2.45) is 17.4 Å². The maximum atomic E-state index is 14.2. The van der Waals surface area contributed by atoms with Gasteiger partial charge >= 0.3 is 0 Å². The molecular weight excluding hydrogens is 574 g/mol. The molecule has 2 aromatic rings. The van der Waals surface area contributed by atoms with Crippen molar-refractivity contribution in [2.45, 2.75) is 109 Å². The van der Waals surface area contributed by atoms with E-state index in [4.69, 9.17) is 11.5 Å². The minimum Gasteiger partial charge on any atom is -0.368 e. The number of fused-ring (bicyclic) bond motifs is 4. The molecule has 0 heterocycles. The molecule has 0 spiro atoms. The minimum absolute atomic E-state index is 0.0320. The molecule has 3 amide bonds. The predicted molar refractivity (Wildman–Crippen MR) is 185 cm³/mol. The van der Waals surface area contributed by atoms with Gasteiger partial charge in [0.15, 0.2) is 0 Å². The summed E-state index contributed by atoms with van der Waals surface area (Å²) in [6, 6.07) is 13.0.